The van der Waals surface area contributed by atoms with E-state index in [0.717, 1.165) is 57.4 Å². The Kier molecular flexibility index (Phi) is 17.1. The Labute approximate surface area is 222 Å². The van der Waals surface area contributed by atoms with E-state index in [1.165, 1.54) is 0 Å². The summed E-state index contributed by atoms with van der Waals surface area (Å²) in [4.78, 5) is 37.6. The van der Waals surface area contributed by atoms with Gasteiger partial charge in [0.2, 0.25) is 0 Å². The third-order valence-electron chi connectivity index (χ3n) is 6.32. The quantitative estimate of drug-likeness (QED) is 0.0701. The van der Waals surface area contributed by atoms with Gasteiger partial charge in [-0.05, 0) is 39.0 Å². The maximum atomic E-state index is 13.6. The Balaban J connectivity index is 3.01. The summed E-state index contributed by atoms with van der Waals surface area (Å²) in [6, 6.07) is 0. The van der Waals surface area contributed by atoms with Crippen LogP contribution in [0.4, 0.5) is 0 Å². The normalized spacial score (nSPS) is 18.6. The second-order valence-corrected chi connectivity index (χ2v) is 9.33. The zero-order valence-corrected chi connectivity index (χ0v) is 23.3. The van der Waals surface area contributed by atoms with Crippen LogP contribution in [-0.4, -0.2) is 63.0 Å². The topological polar surface area (TPSA) is 107 Å². The predicted octanol–water partition coefficient (Wildman–Crippen LogP) is 5.10. The summed E-state index contributed by atoms with van der Waals surface area (Å²) in [5, 5.41) is 0. The third kappa shape index (κ3) is 12.0. The summed E-state index contributed by atoms with van der Waals surface area (Å²) in [5.74, 6) is -4.69. The van der Waals surface area contributed by atoms with E-state index in [0.29, 0.717) is 32.7 Å². The fourth-order valence-electron chi connectivity index (χ4n) is 4.00. The summed E-state index contributed by atoms with van der Waals surface area (Å²) in [6.45, 7) is 12.3. The lowest BCUT2D eigenvalue weighted by Crippen LogP contribution is -2.53. The Morgan fingerprint density at radius 3 is 1.86 bits per heavy atom. The van der Waals surface area contributed by atoms with E-state index < -0.39 is 41.8 Å². The van der Waals surface area contributed by atoms with Crippen LogP contribution in [0, 0.1) is 11.8 Å². The molecule has 0 bridgehead atoms. The van der Waals surface area contributed by atoms with Gasteiger partial charge in [-0.15, -0.1) is 0 Å². The molecule has 1 fully saturated rings. The van der Waals surface area contributed by atoms with Gasteiger partial charge in [0.25, 0.3) is 0 Å². The Hall–Kier alpha value is -1.97. The number of rotatable bonds is 20. The molecule has 9 nitrogen and oxygen atoms in total. The van der Waals surface area contributed by atoms with E-state index in [4.69, 9.17) is 28.4 Å². The lowest BCUT2D eigenvalue weighted by Gasteiger charge is -2.39. The molecule has 2 unspecified atom stereocenters. The van der Waals surface area contributed by atoms with Crippen molar-refractivity contribution >= 4 is 17.9 Å². The van der Waals surface area contributed by atoms with Crippen molar-refractivity contribution in [3.8, 4) is 0 Å². The zero-order valence-electron chi connectivity index (χ0n) is 23.3. The van der Waals surface area contributed by atoms with Gasteiger partial charge in [-0.25, -0.2) is 4.79 Å². The van der Waals surface area contributed by atoms with Crippen molar-refractivity contribution in [3.63, 3.8) is 0 Å². The van der Waals surface area contributed by atoms with E-state index in [-0.39, 0.29) is 13.2 Å². The minimum absolute atomic E-state index is 0.0787. The van der Waals surface area contributed by atoms with Crippen molar-refractivity contribution in [3.05, 3.63) is 12.7 Å². The molecule has 0 aromatic heterocycles. The highest BCUT2D eigenvalue weighted by molar-refractivity contribution is 5.82. The number of hydrogen-bond donors (Lipinski definition) is 0. The van der Waals surface area contributed by atoms with Crippen molar-refractivity contribution in [2.24, 2.45) is 11.8 Å². The van der Waals surface area contributed by atoms with Crippen LogP contribution in [0.25, 0.3) is 0 Å². The molecule has 0 aromatic carbocycles. The number of esters is 3. The number of ether oxygens (including phenoxy) is 6. The molecule has 0 saturated heterocycles. The van der Waals surface area contributed by atoms with Gasteiger partial charge in [0.05, 0.1) is 25.0 Å². The molecule has 0 N–H and O–H groups in total. The number of hydrogen-bond acceptors (Lipinski definition) is 9. The van der Waals surface area contributed by atoms with Gasteiger partial charge >= 0.3 is 23.9 Å². The minimum Gasteiger partial charge on any atom is -0.462 e. The highest BCUT2D eigenvalue weighted by atomic mass is 16.9. The first-order valence-corrected chi connectivity index (χ1v) is 13.9. The lowest BCUT2D eigenvalue weighted by atomic mass is 9.79. The molecular weight excluding hydrogens is 480 g/mol. The molecule has 0 aliphatic heterocycles. The van der Waals surface area contributed by atoms with Gasteiger partial charge < -0.3 is 28.4 Å². The zero-order chi connectivity index (χ0) is 27.5. The fraction of sp³-hybridized carbons (Fsp3) is 0.821. The SMILES string of the molecule is C=CC(=O)OCCOC(=O)C1CCCCC1C(=O)OC(OCCCC)(OCCCC)[C@H](C)OCCCC. The summed E-state index contributed by atoms with van der Waals surface area (Å²) < 4.78 is 34.4. The first-order valence-electron chi connectivity index (χ1n) is 13.9. The van der Waals surface area contributed by atoms with E-state index in [1.54, 1.807) is 6.92 Å². The highest BCUT2D eigenvalue weighted by Gasteiger charge is 2.48. The van der Waals surface area contributed by atoms with E-state index in [1.807, 2.05) is 13.8 Å². The maximum absolute atomic E-state index is 13.6. The molecule has 0 amide bonds. The average molecular weight is 529 g/mol. The van der Waals surface area contributed by atoms with Crippen LogP contribution in [0.15, 0.2) is 12.7 Å². The molecule has 214 valence electrons. The monoisotopic (exact) mass is 528 g/mol. The molecule has 1 aliphatic rings. The molecule has 0 spiro atoms. The number of unbranched alkanes of at least 4 members (excludes halogenated alkanes) is 3. The van der Waals surface area contributed by atoms with Gasteiger partial charge in [-0.1, -0.05) is 59.5 Å². The van der Waals surface area contributed by atoms with Crippen LogP contribution in [0.1, 0.15) is 91.9 Å². The van der Waals surface area contributed by atoms with E-state index >= 15 is 0 Å². The minimum atomic E-state index is -1.69. The summed E-state index contributed by atoms with van der Waals surface area (Å²) in [6.07, 6.45) is 8.15. The number of carbonyl (C=O) groups is 3. The Morgan fingerprint density at radius 1 is 0.811 bits per heavy atom. The van der Waals surface area contributed by atoms with E-state index in [2.05, 4.69) is 13.5 Å². The highest BCUT2D eigenvalue weighted by Crippen LogP contribution is 2.35. The lowest BCUT2D eigenvalue weighted by molar-refractivity contribution is -0.400. The van der Waals surface area contributed by atoms with Gasteiger partial charge in [0.15, 0.2) is 0 Å². The molecule has 1 aliphatic carbocycles. The Bertz CT molecular complexity index is 669. The molecular formula is C28H48O9. The van der Waals surface area contributed by atoms with Crippen LogP contribution in [-0.2, 0) is 42.8 Å². The number of carbonyl (C=O) groups excluding carboxylic acids is 3. The maximum Gasteiger partial charge on any atom is 0.356 e. The summed E-state index contributed by atoms with van der Waals surface area (Å²) in [7, 11) is 0. The predicted molar refractivity (Wildman–Crippen MR) is 138 cm³/mol. The van der Waals surface area contributed by atoms with Crippen molar-refractivity contribution in [1.82, 2.24) is 0 Å². The second-order valence-electron chi connectivity index (χ2n) is 9.33. The van der Waals surface area contributed by atoms with Gasteiger partial charge in [-0.2, -0.15) is 0 Å². The van der Waals surface area contributed by atoms with Crippen LogP contribution in [0.2, 0.25) is 0 Å². The summed E-state index contributed by atoms with van der Waals surface area (Å²) >= 11 is 0. The van der Waals surface area contributed by atoms with Crippen LogP contribution >= 0.6 is 0 Å². The van der Waals surface area contributed by atoms with Crippen molar-refractivity contribution in [2.75, 3.05) is 33.0 Å². The summed E-state index contributed by atoms with van der Waals surface area (Å²) in [5.41, 5.74) is 0. The van der Waals surface area contributed by atoms with Crippen molar-refractivity contribution in [1.29, 1.82) is 0 Å². The van der Waals surface area contributed by atoms with Crippen LogP contribution < -0.4 is 0 Å². The fourth-order valence-corrected chi connectivity index (χ4v) is 4.00. The molecule has 9 heteroatoms. The third-order valence-corrected chi connectivity index (χ3v) is 6.32. The van der Waals surface area contributed by atoms with Gasteiger partial charge in [0.1, 0.15) is 19.3 Å². The second kappa shape index (κ2) is 19.2. The molecule has 0 heterocycles. The molecule has 0 aromatic rings. The van der Waals surface area contributed by atoms with Gasteiger partial charge in [0, 0.05) is 12.7 Å². The van der Waals surface area contributed by atoms with Crippen molar-refractivity contribution < 1.29 is 42.8 Å². The van der Waals surface area contributed by atoms with Gasteiger partial charge in [-0.3, -0.25) is 9.59 Å². The molecule has 3 atom stereocenters. The van der Waals surface area contributed by atoms with Crippen LogP contribution in [0.3, 0.4) is 0 Å². The van der Waals surface area contributed by atoms with Crippen LogP contribution in [0.5, 0.6) is 0 Å². The Morgan fingerprint density at radius 2 is 1.32 bits per heavy atom. The largest absolute Gasteiger partial charge is 0.462 e. The smallest absolute Gasteiger partial charge is 0.356 e. The molecule has 37 heavy (non-hydrogen) atoms. The first-order chi connectivity index (χ1) is 17.8. The molecule has 0 radical (unpaired) electrons. The van der Waals surface area contributed by atoms with Crippen molar-refractivity contribution in [2.45, 2.75) is 104 Å². The first kappa shape index (κ1) is 33.1. The standard InChI is InChI=1S/C28H48O9/c1-6-10-17-32-22(5)28(35-18-11-7-2,36-19-12-8-3)37-27(31)24-16-14-13-15-23(24)26(30)34-21-20-33-25(29)9-4/h9,22-24H,4,6-8,10-21H2,1-3,5H3/t22-,23?,24?/m0/s1. The molecule has 1 rings (SSSR count). The average Bonchev–Trinajstić information content (AvgIpc) is 2.90. The molecule has 1 saturated carbocycles. The van der Waals surface area contributed by atoms with E-state index in [9.17, 15) is 14.4 Å².